The number of anilines is 1. The van der Waals surface area contributed by atoms with Crippen molar-refractivity contribution in [1.82, 2.24) is 14.9 Å². The summed E-state index contributed by atoms with van der Waals surface area (Å²) in [6, 6.07) is 4.89. The predicted octanol–water partition coefficient (Wildman–Crippen LogP) is 2.39. The van der Waals surface area contributed by atoms with Crippen molar-refractivity contribution in [2.75, 3.05) is 11.9 Å². The molecule has 0 saturated carbocycles. The van der Waals surface area contributed by atoms with E-state index in [0.717, 1.165) is 24.3 Å². The number of nitrogens with one attached hydrogen (secondary N) is 2. The van der Waals surface area contributed by atoms with Crippen LogP contribution in [0.2, 0.25) is 0 Å². The largest absolute Gasteiger partial charge is 0.416 e. The van der Waals surface area contributed by atoms with Gasteiger partial charge in [-0.25, -0.2) is 9.78 Å². The Hall–Kier alpha value is -2.84. The molecule has 9 heteroatoms. The number of nitrogens with zero attached hydrogens (tertiary/aromatic N) is 2. The monoisotopic (exact) mass is 340 g/mol. The van der Waals surface area contributed by atoms with Crippen molar-refractivity contribution in [3.63, 3.8) is 0 Å². The first kappa shape index (κ1) is 17.5. The number of carbonyl (C=O) groups excluding carboxylic acids is 1. The number of urea groups is 1. The minimum Gasteiger partial charge on any atom is -0.336 e. The lowest BCUT2D eigenvalue weighted by atomic mass is 10.2. The van der Waals surface area contributed by atoms with Crippen LogP contribution >= 0.6 is 0 Å². The van der Waals surface area contributed by atoms with Gasteiger partial charge < -0.3 is 10.6 Å². The molecule has 0 fully saturated rings. The van der Waals surface area contributed by atoms with Crippen molar-refractivity contribution in [3.8, 4) is 0 Å². The van der Waals surface area contributed by atoms with Crippen molar-refractivity contribution in [1.29, 1.82) is 0 Å². The maximum Gasteiger partial charge on any atom is 0.416 e. The van der Waals surface area contributed by atoms with Crippen LogP contribution in [0, 0.1) is 6.92 Å². The van der Waals surface area contributed by atoms with Gasteiger partial charge in [0.25, 0.3) is 5.56 Å². The van der Waals surface area contributed by atoms with Gasteiger partial charge in [-0.3, -0.25) is 9.36 Å². The summed E-state index contributed by atoms with van der Waals surface area (Å²) in [5.74, 6) is 0. The van der Waals surface area contributed by atoms with Gasteiger partial charge in [-0.05, 0) is 31.2 Å². The predicted molar refractivity (Wildman–Crippen MR) is 81.7 cm³/mol. The fraction of sp³-hybridized carbons (Fsp3) is 0.267. The third-order valence-electron chi connectivity index (χ3n) is 3.12. The molecule has 0 aliphatic heterocycles. The van der Waals surface area contributed by atoms with E-state index in [1.807, 2.05) is 0 Å². The SMILES string of the molecule is Cc1cc(=O)n(CCNC(=O)Nc2ccc(C(F)(F)F)cc2)cn1. The number of alkyl halides is 3. The van der Waals surface area contributed by atoms with E-state index in [-0.39, 0.29) is 24.3 Å². The summed E-state index contributed by atoms with van der Waals surface area (Å²) < 4.78 is 38.6. The van der Waals surface area contributed by atoms with Gasteiger partial charge in [0.05, 0.1) is 11.9 Å². The summed E-state index contributed by atoms with van der Waals surface area (Å²) in [6.07, 6.45) is -3.04. The Balaban J connectivity index is 1.84. The summed E-state index contributed by atoms with van der Waals surface area (Å²) in [7, 11) is 0. The van der Waals surface area contributed by atoms with E-state index in [9.17, 15) is 22.8 Å². The summed E-state index contributed by atoms with van der Waals surface area (Å²) in [5.41, 5.74) is -0.189. The highest BCUT2D eigenvalue weighted by Gasteiger charge is 2.29. The molecule has 0 aliphatic rings. The molecular formula is C15H15F3N4O2. The van der Waals surface area contributed by atoms with Crippen LogP contribution < -0.4 is 16.2 Å². The first-order valence-electron chi connectivity index (χ1n) is 7.01. The summed E-state index contributed by atoms with van der Waals surface area (Å²) in [4.78, 5) is 27.3. The van der Waals surface area contributed by atoms with Crippen molar-refractivity contribution in [2.24, 2.45) is 0 Å². The van der Waals surface area contributed by atoms with E-state index in [4.69, 9.17) is 0 Å². The van der Waals surface area contributed by atoms with Crippen LogP contribution in [-0.2, 0) is 12.7 Å². The van der Waals surface area contributed by atoms with Crippen LogP contribution in [0.25, 0.3) is 0 Å². The molecule has 128 valence electrons. The average molecular weight is 340 g/mol. The summed E-state index contributed by atoms with van der Waals surface area (Å²) >= 11 is 0. The number of rotatable bonds is 4. The van der Waals surface area contributed by atoms with E-state index >= 15 is 0 Å². The van der Waals surface area contributed by atoms with Crippen molar-refractivity contribution in [2.45, 2.75) is 19.6 Å². The smallest absolute Gasteiger partial charge is 0.336 e. The topological polar surface area (TPSA) is 76.0 Å². The Kier molecular flexibility index (Phi) is 5.22. The zero-order chi connectivity index (χ0) is 17.7. The number of benzene rings is 1. The van der Waals surface area contributed by atoms with E-state index < -0.39 is 17.8 Å². The number of halogens is 3. The van der Waals surface area contributed by atoms with E-state index in [1.54, 1.807) is 6.92 Å². The molecule has 0 atom stereocenters. The van der Waals surface area contributed by atoms with Gasteiger partial charge in [-0.15, -0.1) is 0 Å². The standard InChI is InChI=1S/C15H15F3N4O2/c1-10-8-13(23)22(9-20-10)7-6-19-14(24)21-12-4-2-11(3-5-12)15(16,17)18/h2-5,8-9H,6-7H2,1H3,(H2,19,21,24). The molecule has 2 aromatic rings. The van der Waals surface area contributed by atoms with Crippen molar-refractivity contribution < 1.29 is 18.0 Å². The molecule has 0 radical (unpaired) electrons. The van der Waals surface area contributed by atoms with Gasteiger partial charge in [0, 0.05) is 30.5 Å². The van der Waals surface area contributed by atoms with Gasteiger partial charge in [-0.2, -0.15) is 13.2 Å². The minimum absolute atomic E-state index is 0.164. The number of carbonyl (C=O) groups is 1. The number of hydrogen-bond donors (Lipinski definition) is 2. The second-order valence-corrected chi connectivity index (χ2v) is 5.02. The van der Waals surface area contributed by atoms with Gasteiger partial charge >= 0.3 is 12.2 Å². The second kappa shape index (κ2) is 7.16. The quantitative estimate of drug-likeness (QED) is 0.897. The first-order chi connectivity index (χ1) is 11.3. The average Bonchev–Trinajstić information content (AvgIpc) is 2.49. The number of amides is 2. The zero-order valence-electron chi connectivity index (χ0n) is 12.7. The first-order valence-corrected chi connectivity index (χ1v) is 7.01. The molecule has 1 aromatic carbocycles. The zero-order valence-corrected chi connectivity index (χ0v) is 12.7. The molecule has 1 heterocycles. The molecular weight excluding hydrogens is 325 g/mol. The van der Waals surface area contributed by atoms with Crippen LogP contribution in [-0.4, -0.2) is 22.1 Å². The van der Waals surface area contributed by atoms with E-state index in [0.29, 0.717) is 5.69 Å². The Labute approximate surface area is 135 Å². The maximum absolute atomic E-state index is 12.4. The fourth-order valence-electron chi connectivity index (χ4n) is 1.89. The molecule has 24 heavy (non-hydrogen) atoms. The highest BCUT2D eigenvalue weighted by molar-refractivity contribution is 5.89. The molecule has 2 amide bonds. The van der Waals surface area contributed by atoms with E-state index in [2.05, 4.69) is 15.6 Å². The Morgan fingerprint density at radius 3 is 2.50 bits per heavy atom. The molecule has 2 N–H and O–H groups in total. The highest BCUT2D eigenvalue weighted by atomic mass is 19.4. The van der Waals surface area contributed by atoms with E-state index in [1.165, 1.54) is 17.0 Å². The van der Waals surface area contributed by atoms with Crippen LogP contribution in [0.5, 0.6) is 0 Å². The third-order valence-corrected chi connectivity index (χ3v) is 3.12. The molecule has 0 spiro atoms. The molecule has 1 aromatic heterocycles. The Morgan fingerprint density at radius 2 is 1.92 bits per heavy atom. The lowest BCUT2D eigenvalue weighted by Crippen LogP contribution is -2.33. The lowest BCUT2D eigenvalue weighted by molar-refractivity contribution is -0.137. The third kappa shape index (κ3) is 4.83. The molecule has 0 unspecified atom stereocenters. The number of aromatic nitrogens is 2. The summed E-state index contributed by atoms with van der Waals surface area (Å²) in [6.45, 7) is 2.09. The van der Waals surface area contributed by atoms with Gasteiger partial charge in [-0.1, -0.05) is 0 Å². The number of hydrogen-bond acceptors (Lipinski definition) is 3. The minimum atomic E-state index is -4.42. The highest BCUT2D eigenvalue weighted by Crippen LogP contribution is 2.29. The second-order valence-electron chi connectivity index (χ2n) is 5.02. The van der Waals surface area contributed by atoms with Crippen LogP contribution in [0.3, 0.4) is 0 Å². The molecule has 0 saturated heterocycles. The van der Waals surface area contributed by atoms with Gasteiger partial charge in [0.1, 0.15) is 0 Å². The van der Waals surface area contributed by atoms with Crippen LogP contribution in [0.1, 0.15) is 11.3 Å². The molecule has 0 aliphatic carbocycles. The van der Waals surface area contributed by atoms with Gasteiger partial charge in [0.15, 0.2) is 0 Å². The molecule has 6 nitrogen and oxygen atoms in total. The lowest BCUT2D eigenvalue weighted by Gasteiger charge is -2.10. The number of aryl methyl sites for hydroxylation is 1. The van der Waals surface area contributed by atoms with Crippen molar-refractivity contribution in [3.05, 3.63) is 58.3 Å². The molecule has 2 rings (SSSR count). The Morgan fingerprint density at radius 1 is 1.25 bits per heavy atom. The van der Waals surface area contributed by atoms with Crippen molar-refractivity contribution >= 4 is 11.7 Å². The van der Waals surface area contributed by atoms with Crippen LogP contribution in [0.4, 0.5) is 23.7 Å². The maximum atomic E-state index is 12.4. The summed E-state index contributed by atoms with van der Waals surface area (Å²) in [5, 5.41) is 4.92. The van der Waals surface area contributed by atoms with Gasteiger partial charge in [0.2, 0.25) is 0 Å². The Bertz CT molecular complexity index is 770. The molecule has 0 bridgehead atoms. The normalized spacial score (nSPS) is 11.2. The van der Waals surface area contributed by atoms with Crippen LogP contribution in [0.15, 0.2) is 41.5 Å². The fourth-order valence-corrected chi connectivity index (χ4v) is 1.89.